The van der Waals surface area contributed by atoms with Crippen LogP contribution < -0.4 is 5.32 Å². The van der Waals surface area contributed by atoms with Gasteiger partial charge in [-0.2, -0.15) is 0 Å². The van der Waals surface area contributed by atoms with Crippen molar-refractivity contribution >= 4 is 18.3 Å². The van der Waals surface area contributed by atoms with Crippen LogP contribution in [0.15, 0.2) is 0 Å². The highest BCUT2D eigenvalue weighted by Crippen LogP contribution is 2.19. The Bertz CT molecular complexity index is 461. The van der Waals surface area contributed by atoms with Crippen molar-refractivity contribution in [2.75, 3.05) is 6.54 Å². The van der Waals surface area contributed by atoms with E-state index in [0.29, 0.717) is 12.7 Å². The zero-order valence-corrected chi connectivity index (χ0v) is 15.8. The van der Waals surface area contributed by atoms with E-state index in [2.05, 4.69) is 12.2 Å². The third kappa shape index (κ3) is 7.42. The molecule has 0 saturated carbocycles. The van der Waals surface area contributed by atoms with Gasteiger partial charge in [0.1, 0.15) is 17.9 Å². The SMILES string of the molecule is CCCCCCC(NC(=O)OC(C)(C)C)C(=O)N1CC(O)CC1C=O. The Balaban J connectivity index is 2.76. The Kier molecular flexibility index (Phi) is 8.35. The molecular weight excluding hydrogens is 324 g/mol. The van der Waals surface area contributed by atoms with Crippen LogP contribution in [-0.4, -0.2) is 58.6 Å². The summed E-state index contributed by atoms with van der Waals surface area (Å²) in [6, 6.07) is -1.39. The fraction of sp³-hybridized carbons (Fsp3) is 0.833. The molecule has 1 aliphatic rings. The van der Waals surface area contributed by atoms with Crippen LogP contribution >= 0.6 is 0 Å². The average molecular weight is 356 g/mol. The van der Waals surface area contributed by atoms with E-state index in [0.717, 1.165) is 25.7 Å². The van der Waals surface area contributed by atoms with Gasteiger partial charge in [-0.25, -0.2) is 4.79 Å². The maximum atomic E-state index is 12.8. The summed E-state index contributed by atoms with van der Waals surface area (Å²) in [6.07, 6.45) is 3.94. The minimum Gasteiger partial charge on any atom is -0.444 e. The lowest BCUT2D eigenvalue weighted by molar-refractivity contribution is -0.136. The number of likely N-dealkylation sites (tertiary alicyclic amines) is 1. The van der Waals surface area contributed by atoms with Gasteiger partial charge in [0, 0.05) is 13.0 Å². The second-order valence-electron chi connectivity index (χ2n) is 7.63. The zero-order valence-electron chi connectivity index (χ0n) is 15.8. The molecule has 7 nitrogen and oxygen atoms in total. The van der Waals surface area contributed by atoms with Gasteiger partial charge in [0.15, 0.2) is 0 Å². The van der Waals surface area contributed by atoms with Crippen LogP contribution in [0.25, 0.3) is 0 Å². The van der Waals surface area contributed by atoms with Gasteiger partial charge in [-0.1, -0.05) is 32.6 Å². The van der Waals surface area contributed by atoms with Gasteiger partial charge >= 0.3 is 6.09 Å². The molecule has 0 bridgehead atoms. The number of nitrogens with one attached hydrogen (secondary N) is 1. The molecule has 0 aromatic rings. The third-order valence-electron chi connectivity index (χ3n) is 4.10. The highest BCUT2D eigenvalue weighted by molar-refractivity contribution is 5.88. The number of aliphatic hydroxyl groups excluding tert-OH is 1. The van der Waals surface area contributed by atoms with E-state index < -0.39 is 29.9 Å². The van der Waals surface area contributed by atoms with E-state index in [1.807, 2.05) is 0 Å². The molecule has 3 atom stereocenters. The lowest BCUT2D eigenvalue weighted by atomic mass is 10.1. The Morgan fingerprint density at radius 3 is 2.56 bits per heavy atom. The number of carbonyl (C=O) groups is 3. The van der Waals surface area contributed by atoms with E-state index in [1.165, 1.54) is 4.90 Å². The molecule has 144 valence electrons. The fourth-order valence-electron chi connectivity index (χ4n) is 2.91. The fourth-order valence-corrected chi connectivity index (χ4v) is 2.91. The third-order valence-corrected chi connectivity index (χ3v) is 4.10. The summed E-state index contributed by atoms with van der Waals surface area (Å²) in [5.41, 5.74) is -0.658. The first-order valence-electron chi connectivity index (χ1n) is 9.11. The number of ether oxygens (including phenoxy) is 1. The molecule has 1 fully saturated rings. The number of rotatable bonds is 8. The topological polar surface area (TPSA) is 95.9 Å². The highest BCUT2D eigenvalue weighted by Gasteiger charge is 2.37. The quantitative estimate of drug-likeness (QED) is 0.512. The first-order valence-corrected chi connectivity index (χ1v) is 9.11. The summed E-state index contributed by atoms with van der Waals surface area (Å²) in [6.45, 7) is 7.48. The van der Waals surface area contributed by atoms with Crippen molar-refractivity contribution < 1.29 is 24.2 Å². The molecule has 0 aromatic heterocycles. The number of hydrogen-bond acceptors (Lipinski definition) is 5. The van der Waals surface area contributed by atoms with Crippen molar-refractivity contribution in [2.45, 2.75) is 90.0 Å². The van der Waals surface area contributed by atoms with Crippen molar-refractivity contribution in [3.05, 3.63) is 0 Å². The van der Waals surface area contributed by atoms with Crippen LogP contribution in [0.3, 0.4) is 0 Å². The van der Waals surface area contributed by atoms with Crippen LogP contribution in [0.2, 0.25) is 0 Å². The van der Waals surface area contributed by atoms with E-state index in [-0.39, 0.29) is 18.9 Å². The van der Waals surface area contributed by atoms with Gasteiger partial charge in [0.25, 0.3) is 0 Å². The van der Waals surface area contributed by atoms with Gasteiger partial charge < -0.3 is 24.9 Å². The number of alkyl carbamates (subject to hydrolysis) is 1. The Morgan fingerprint density at radius 2 is 2.00 bits per heavy atom. The van der Waals surface area contributed by atoms with Crippen LogP contribution in [0.5, 0.6) is 0 Å². The summed E-state index contributed by atoms with van der Waals surface area (Å²) in [4.78, 5) is 37.4. The second kappa shape index (κ2) is 9.75. The number of amides is 2. The molecule has 2 amide bonds. The van der Waals surface area contributed by atoms with Gasteiger partial charge in [0.2, 0.25) is 5.91 Å². The van der Waals surface area contributed by atoms with Gasteiger partial charge in [-0.3, -0.25) is 4.79 Å². The van der Waals surface area contributed by atoms with Gasteiger partial charge in [0.05, 0.1) is 12.1 Å². The highest BCUT2D eigenvalue weighted by atomic mass is 16.6. The number of aliphatic hydroxyl groups is 1. The largest absolute Gasteiger partial charge is 0.444 e. The molecule has 0 spiro atoms. The number of aldehydes is 1. The first kappa shape index (κ1) is 21.4. The zero-order chi connectivity index (χ0) is 19.0. The van der Waals surface area contributed by atoms with Crippen molar-refractivity contribution in [1.82, 2.24) is 10.2 Å². The maximum absolute atomic E-state index is 12.8. The van der Waals surface area contributed by atoms with Crippen LogP contribution in [0, 0.1) is 0 Å². The number of nitrogens with zero attached hydrogens (tertiary/aromatic N) is 1. The monoisotopic (exact) mass is 356 g/mol. The minimum atomic E-state index is -0.751. The lowest BCUT2D eigenvalue weighted by Gasteiger charge is -2.28. The summed E-state index contributed by atoms with van der Waals surface area (Å²) < 4.78 is 5.24. The molecule has 0 aromatic carbocycles. The summed E-state index contributed by atoms with van der Waals surface area (Å²) in [5, 5.41) is 12.4. The molecule has 1 aliphatic heterocycles. The van der Waals surface area contributed by atoms with E-state index in [4.69, 9.17) is 4.74 Å². The van der Waals surface area contributed by atoms with E-state index in [1.54, 1.807) is 20.8 Å². The molecule has 0 aliphatic carbocycles. The summed E-state index contributed by atoms with van der Waals surface area (Å²) in [5.74, 6) is -0.337. The Labute approximate surface area is 150 Å². The van der Waals surface area contributed by atoms with Crippen LogP contribution in [-0.2, 0) is 14.3 Å². The second-order valence-corrected chi connectivity index (χ2v) is 7.63. The lowest BCUT2D eigenvalue weighted by Crippen LogP contribution is -2.51. The van der Waals surface area contributed by atoms with Crippen molar-refractivity contribution in [3.63, 3.8) is 0 Å². The number of carbonyl (C=O) groups excluding carboxylic acids is 3. The first-order chi connectivity index (χ1) is 11.7. The van der Waals surface area contributed by atoms with Crippen molar-refractivity contribution in [2.24, 2.45) is 0 Å². The average Bonchev–Trinajstić information content (AvgIpc) is 2.88. The predicted octanol–water partition coefficient (Wildman–Crippen LogP) is 2.01. The molecule has 1 rings (SSSR count). The van der Waals surface area contributed by atoms with Crippen molar-refractivity contribution in [1.29, 1.82) is 0 Å². The number of unbranched alkanes of at least 4 members (excludes halogenated alkanes) is 3. The summed E-state index contributed by atoms with van der Waals surface area (Å²) in [7, 11) is 0. The minimum absolute atomic E-state index is 0.115. The molecular formula is C18H32N2O5. The number of hydrogen-bond donors (Lipinski definition) is 2. The molecule has 1 heterocycles. The van der Waals surface area contributed by atoms with Gasteiger partial charge in [-0.15, -0.1) is 0 Å². The Morgan fingerprint density at radius 1 is 1.32 bits per heavy atom. The molecule has 0 radical (unpaired) electrons. The summed E-state index contributed by atoms with van der Waals surface area (Å²) >= 11 is 0. The van der Waals surface area contributed by atoms with Gasteiger partial charge in [-0.05, 0) is 27.2 Å². The molecule has 7 heteroatoms. The van der Waals surface area contributed by atoms with Crippen LogP contribution in [0.4, 0.5) is 4.79 Å². The molecule has 25 heavy (non-hydrogen) atoms. The Hall–Kier alpha value is -1.63. The smallest absolute Gasteiger partial charge is 0.408 e. The molecule has 1 saturated heterocycles. The van der Waals surface area contributed by atoms with E-state index >= 15 is 0 Å². The standard InChI is InChI=1S/C18H32N2O5/c1-5-6-7-8-9-15(19-17(24)25-18(2,3)4)16(23)20-11-14(22)10-13(20)12-21/h12-15,22H,5-11H2,1-4H3,(H,19,24). The molecule has 3 unspecified atom stereocenters. The van der Waals surface area contributed by atoms with E-state index in [9.17, 15) is 19.5 Å². The van der Waals surface area contributed by atoms with Crippen molar-refractivity contribution in [3.8, 4) is 0 Å². The molecule has 2 N–H and O–H groups in total. The number of β-amino-alcohol motifs (C(OH)–C–C–N with tert-alkyl or cyclic N) is 1. The van der Waals surface area contributed by atoms with Crippen LogP contribution in [0.1, 0.15) is 66.2 Å². The maximum Gasteiger partial charge on any atom is 0.408 e. The normalized spacial score (nSPS) is 21.7. The predicted molar refractivity (Wildman–Crippen MR) is 94.1 cm³/mol.